The fourth-order valence-corrected chi connectivity index (χ4v) is 4.33. The number of rotatable bonds is 7. The minimum Gasteiger partial charge on any atom is -0.381 e. The maximum absolute atomic E-state index is 14.7. The molecule has 6 nitrogen and oxygen atoms in total. The van der Waals surface area contributed by atoms with E-state index in [2.05, 4.69) is 20.3 Å². The second-order valence-electron chi connectivity index (χ2n) is 8.27. The Labute approximate surface area is 184 Å². The zero-order valence-corrected chi connectivity index (χ0v) is 17.8. The van der Waals surface area contributed by atoms with E-state index in [1.54, 1.807) is 13.0 Å². The molecule has 3 aromatic rings. The summed E-state index contributed by atoms with van der Waals surface area (Å²) >= 11 is 0. The maximum atomic E-state index is 14.7. The summed E-state index contributed by atoms with van der Waals surface area (Å²) in [6.45, 7) is 3.17. The van der Waals surface area contributed by atoms with E-state index in [-0.39, 0.29) is 24.0 Å². The lowest BCUT2D eigenvalue weighted by Gasteiger charge is -2.40. The summed E-state index contributed by atoms with van der Waals surface area (Å²) < 4.78 is 43.1. The van der Waals surface area contributed by atoms with Crippen LogP contribution in [0.5, 0.6) is 0 Å². The van der Waals surface area contributed by atoms with Crippen molar-refractivity contribution in [1.29, 1.82) is 0 Å². The molecule has 2 aromatic carbocycles. The molecule has 0 aliphatic carbocycles. The molecule has 2 heterocycles. The van der Waals surface area contributed by atoms with Crippen molar-refractivity contribution in [2.75, 3.05) is 18.0 Å². The van der Waals surface area contributed by atoms with Crippen LogP contribution in [0.15, 0.2) is 55.1 Å². The third-order valence-corrected chi connectivity index (χ3v) is 6.14. The summed E-state index contributed by atoms with van der Waals surface area (Å²) in [6, 6.07) is 9.19. The Hall–Kier alpha value is -2.91. The minimum absolute atomic E-state index is 0.00778. The molecule has 0 bridgehead atoms. The van der Waals surface area contributed by atoms with E-state index >= 15 is 0 Å². The van der Waals surface area contributed by atoms with Crippen molar-refractivity contribution < 1.29 is 18.3 Å². The summed E-state index contributed by atoms with van der Waals surface area (Å²) in [5.74, 6) is -1.79. The molecule has 4 rings (SSSR count). The molecule has 32 heavy (non-hydrogen) atoms. The number of anilines is 1. The second-order valence-corrected chi connectivity index (χ2v) is 8.27. The van der Waals surface area contributed by atoms with Crippen LogP contribution in [-0.2, 0) is 12.1 Å². The zero-order valence-electron chi connectivity index (χ0n) is 17.8. The number of nitrogens with zero attached hydrogens (tertiary/aromatic N) is 4. The van der Waals surface area contributed by atoms with Gasteiger partial charge < -0.3 is 15.3 Å². The third kappa shape index (κ3) is 4.78. The van der Waals surface area contributed by atoms with Gasteiger partial charge in [-0.2, -0.15) is 5.10 Å². The van der Waals surface area contributed by atoms with Crippen LogP contribution in [0.1, 0.15) is 25.3 Å². The first-order chi connectivity index (χ1) is 15.3. The van der Waals surface area contributed by atoms with E-state index in [0.29, 0.717) is 0 Å². The van der Waals surface area contributed by atoms with Gasteiger partial charge in [0.2, 0.25) is 0 Å². The molecule has 0 amide bonds. The van der Waals surface area contributed by atoms with E-state index < -0.39 is 23.3 Å². The zero-order chi connectivity index (χ0) is 22.7. The predicted molar refractivity (Wildman–Crippen MR) is 115 cm³/mol. The molecule has 1 saturated heterocycles. The molecule has 0 spiro atoms. The SMILES string of the molecule is C[C@@H](NC1CCN(c2cccc(F)c2)CC1)[C@](O)(Cn1cncn1)c1ccc(F)cc1F. The van der Waals surface area contributed by atoms with Crippen LogP contribution in [0.4, 0.5) is 18.9 Å². The minimum atomic E-state index is -1.69. The molecular weight excluding hydrogens is 419 g/mol. The van der Waals surface area contributed by atoms with Gasteiger partial charge in [0.1, 0.15) is 35.7 Å². The molecule has 2 N–H and O–H groups in total. The molecule has 0 radical (unpaired) electrons. The monoisotopic (exact) mass is 445 g/mol. The number of hydrogen-bond acceptors (Lipinski definition) is 5. The molecular formula is C23H26F3N5O. The largest absolute Gasteiger partial charge is 0.381 e. The molecule has 1 fully saturated rings. The van der Waals surface area contributed by atoms with E-state index in [9.17, 15) is 18.3 Å². The van der Waals surface area contributed by atoms with Crippen LogP contribution < -0.4 is 10.2 Å². The smallest absolute Gasteiger partial charge is 0.137 e. The molecule has 170 valence electrons. The summed E-state index contributed by atoms with van der Waals surface area (Å²) in [5.41, 5.74) is -0.857. The fourth-order valence-electron chi connectivity index (χ4n) is 4.33. The number of nitrogens with one attached hydrogen (secondary N) is 1. The van der Waals surface area contributed by atoms with E-state index in [0.717, 1.165) is 43.8 Å². The molecule has 1 aromatic heterocycles. The van der Waals surface area contributed by atoms with Crippen LogP contribution in [0.3, 0.4) is 0 Å². The highest BCUT2D eigenvalue weighted by molar-refractivity contribution is 5.46. The van der Waals surface area contributed by atoms with Crippen molar-refractivity contribution in [2.24, 2.45) is 0 Å². The first-order valence-corrected chi connectivity index (χ1v) is 10.6. The van der Waals surface area contributed by atoms with Gasteiger partial charge >= 0.3 is 0 Å². The average molecular weight is 445 g/mol. The lowest BCUT2D eigenvalue weighted by Crippen LogP contribution is -2.55. The maximum Gasteiger partial charge on any atom is 0.137 e. The van der Waals surface area contributed by atoms with Gasteiger partial charge in [-0.05, 0) is 44.0 Å². The first kappa shape index (κ1) is 22.3. The van der Waals surface area contributed by atoms with Crippen molar-refractivity contribution in [3.8, 4) is 0 Å². The lowest BCUT2D eigenvalue weighted by molar-refractivity contribution is -0.0242. The number of benzene rings is 2. The topological polar surface area (TPSA) is 66.2 Å². The van der Waals surface area contributed by atoms with E-state index in [1.807, 2.05) is 6.07 Å². The number of hydrogen-bond donors (Lipinski definition) is 2. The number of halogens is 3. The standard InChI is InChI=1S/C23H26F3N5O/c1-16(29-19-7-9-30(10-8-19)20-4-2-3-17(24)11-20)23(32,13-31-15-27-14-28-31)21-6-5-18(25)12-22(21)26/h2-6,11-12,14-16,19,29,32H,7-10,13H2,1H3/t16-,23-/m1/s1. The van der Waals surface area contributed by atoms with Gasteiger partial charge in [-0.15, -0.1) is 0 Å². The van der Waals surface area contributed by atoms with Gasteiger partial charge in [0, 0.05) is 42.5 Å². The first-order valence-electron chi connectivity index (χ1n) is 10.6. The van der Waals surface area contributed by atoms with Gasteiger partial charge in [-0.3, -0.25) is 0 Å². The van der Waals surface area contributed by atoms with Crippen LogP contribution in [0, 0.1) is 17.5 Å². The van der Waals surface area contributed by atoms with Gasteiger partial charge in [-0.25, -0.2) is 22.8 Å². The molecule has 0 saturated carbocycles. The number of piperidine rings is 1. The van der Waals surface area contributed by atoms with Gasteiger partial charge in [-0.1, -0.05) is 12.1 Å². The van der Waals surface area contributed by atoms with Crippen LogP contribution in [0.25, 0.3) is 0 Å². The highest BCUT2D eigenvalue weighted by Gasteiger charge is 2.40. The Morgan fingerprint density at radius 3 is 2.53 bits per heavy atom. The Bertz CT molecular complexity index is 1040. The van der Waals surface area contributed by atoms with Crippen molar-refractivity contribution >= 4 is 5.69 Å². The highest BCUT2D eigenvalue weighted by Crippen LogP contribution is 2.31. The van der Waals surface area contributed by atoms with Gasteiger partial charge in [0.25, 0.3) is 0 Å². The fraction of sp³-hybridized carbons (Fsp3) is 0.391. The third-order valence-electron chi connectivity index (χ3n) is 6.14. The summed E-state index contributed by atoms with van der Waals surface area (Å²) in [6.07, 6.45) is 4.32. The number of aliphatic hydroxyl groups is 1. The van der Waals surface area contributed by atoms with E-state index in [1.165, 1.54) is 35.5 Å². The van der Waals surface area contributed by atoms with Crippen LogP contribution >= 0.6 is 0 Å². The van der Waals surface area contributed by atoms with Crippen molar-refractivity contribution in [3.05, 3.63) is 78.1 Å². The molecule has 9 heteroatoms. The molecule has 1 aliphatic rings. The Morgan fingerprint density at radius 1 is 1.12 bits per heavy atom. The van der Waals surface area contributed by atoms with Gasteiger partial charge in [0.15, 0.2) is 0 Å². The van der Waals surface area contributed by atoms with Crippen molar-refractivity contribution in [2.45, 2.75) is 44.0 Å². The van der Waals surface area contributed by atoms with Crippen molar-refractivity contribution in [1.82, 2.24) is 20.1 Å². The van der Waals surface area contributed by atoms with Crippen LogP contribution in [0.2, 0.25) is 0 Å². The average Bonchev–Trinajstić information content (AvgIpc) is 3.27. The quantitative estimate of drug-likeness (QED) is 0.585. The molecule has 2 atom stereocenters. The Balaban J connectivity index is 1.49. The Kier molecular flexibility index (Phi) is 6.48. The molecule has 1 aliphatic heterocycles. The van der Waals surface area contributed by atoms with Crippen LogP contribution in [-0.4, -0.2) is 45.0 Å². The number of aromatic nitrogens is 3. The lowest BCUT2D eigenvalue weighted by atomic mass is 9.85. The van der Waals surface area contributed by atoms with Crippen molar-refractivity contribution in [3.63, 3.8) is 0 Å². The van der Waals surface area contributed by atoms with E-state index in [4.69, 9.17) is 0 Å². The van der Waals surface area contributed by atoms with Gasteiger partial charge in [0.05, 0.1) is 6.54 Å². The summed E-state index contributed by atoms with van der Waals surface area (Å²) in [5, 5.41) is 19.1. The summed E-state index contributed by atoms with van der Waals surface area (Å²) in [4.78, 5) is 6.01. The Morgan fingerprint density at radius 2 is 1.88 bits per heavy atom. The second kappa shape index (κ2) is 9.30. The summed E-state index contributed by atoms with van der Waals surface area (Å²) in [7, 11) is 0. The highest BCUT2D eigenvalue weighted by atomic mass is 19.1. The molecule has 0 unspecified atom stereocenters. The predicted octanol–water partition coefficient (Wildman–Crippen LogP) is 3.23. The normalized spacial score (nSPS) is 17.8.